The van der Waals surface area contributed by atoms with Crippen molar-refractivity contribution in [3.63, 3.8) is 0 Å². The van der Waals surface area contributed by atoms with Crippen LogP contribution < -0.4 is 10.6 Å². The summed E-state index contributed by atoms with van der Waals surface area (Å²) >= 11 is 0. The minimum Gasteiger partial charge on any atom is -0.317 e. The van der Waals surface area contributed by atoms with E-state index in [0.717, 1.165) is 32.5 Å². The predicted molar refractivity (Wildman–Crippen MR) is 88.4 cm³/mol. The van der Waals surface area contributed by atoms with Crippen molar-refractivity contribution in [2.24, 2.45) is 5.92 Å². The van der Waals surface area contributed by atoms with Crippen molar-refractivity contribution >= 4 is 11.9 Å². The van der Waals surface area contributed by atoms with Crippen LogP contribution in [-0.2, 0) is 6.54 Å². The summed E-state index contributed by atoms with van der Waals surface area (Å²) in [5.74, 6) is 0.833. The van der Waals surface area contributed by atoms with Crippen LogP contribution in [0.2, 0.25) is 0 Å². The van der Waals surface area contributed by atoms with Gasteiger partial charge in [0.25, 0.3) is 5.91 Å². The van der Waals surface area contributed by atoms with Crippen LogP contribution >= 0.6 is 0 Å². The van der Waals surface area contributed by atoms with Crippen LogP contribution in [0.3, 0.4) is 0 Å². The normalized spacial score (nSPS) is 18.3. The smallest absolute Gasteiger partial charge is 0.278 e. The number of nitrogens with one attached hydrogen (secondary N) is 2. The molecular formula is C16H24N6O. The van der Waals surface area contributed by atoms with Gasteiger partial charge >= 0.3 is 0 Å². The first-order chi connectivity index (χ1) is 11.1. The maximum Gasteiger partial charge on any atom is 0.278 e. The van der Waals surface area contributed by atoms with Gasteiger partial charge in [0.05, 0.1) is 6.04 Å². The third kappa shape index (κ3) is 3.79. The Hall–Kier alpha value is -2.15. The summed E-state index contributed by atoms with van der Waals surface area (Å²) < 4.78 is 3.84. The Balaban J connectivity index is 1.67. The van der Waals surface area contributed by atoms with E-state index < -0.39 is 0 Å². The highest BCUT2D eigenvalue weighted by Crippen LogP contribution is 2.16. The first-order valence-electron chi connectivity index (χ1n) is 8.22. The number of imidazole rings is 1. The van der Waals surface area contributed by atoms with Crippen molar-refractivity contribution < 1.29 is 4.79 Å². The van der Waals surface area contributed by atoms with Crippen LogP contribution in [0.15, 0.2) is 24.7 Å². The molecule has 0 bridgehead atoms. The van der Waals surface area contributed by atoms with Crippen LogP contribution in [0.1, 0.15) is 43.2 Å². The van der Waals surface area contributed by atoms with Gasteiger partial charge in [0.15, 0.2) is 5.69 Å². The average Bonchev–Trinajstić information content (AvgIpc) is 3.18. The van der Waals surface area contributed by atoms with E-state index in [9.17, 15) is 4.79 Å². The Morgan fingerprint density at radius 2 is 2.35 bits per heavy atom. The summed E-state index contributed by atoms with van der Waals surface area (Å²) in [6, 6.07) is 2.09. The Morgan fingerprint density at radius 3 is 3.09 bits per heavy atom. The Labute approximate surface area is 136 Å². The van der Waals surface area contributed by atoms with Gasteiger partial charge in [0.1, 0.15) is 0 Å². The van der Waals surface area contributed by atoms with Gasteiger partial charge in [0.2, 0.25) is 5.95 Å². The van der Waals surface area contributed by atoms with Crippen LogP contribution in [0, 0.1) is 5.92 Å². The number of carbonyl (C=O) groups is 1. The van der Waals surface area contributed by atoms with E-state index in [4.69, 9.17) is 0 Å². The van der Waals surface area contributed by atoms with Crippen LogP contribution in [-0.4, -0.2) is 38.3 Å². The zero-order valence-electron chi connectivity index (χ0n) is 13.7. The number of rotatable bonds is 5. The molecule has 0 radical (unpaired) electrons. The number of piperidine rings is 1. The molecule has 0 aromatic carbocycles. The molecule has 1 unspecified atom stereocenters. The fourth-order valence-electron chi connectivity index (χ4n) is 2.86. The van der Waals surface area contributed by atoms with Crippen molar-refractivity contribution in [1.82, 2.24) is 24.6 Å². The Kier molecular flexibility index (Phi) is 4.76. The van der Waals surface area contributed by atoms with Gasteiger partial charge in [-0.05, 0) is 31.4 Å². The quantitative estimate of drug-likeness (QED) is 0.883. The summed E-state index contributed by atoms with van der Waals surface area (Å²) in [4.78, 5) is 16.6. The van der Waals surface area contributed by atoms with Gasteiger partial charge < -0.3 is 9.88 Å². The molecule has 7 heteroatoms. The third-order valence-electron chi connectivity index (χ3n) is 3.99. The van der Waals surface area contributed by atoms with E-state index in [0.29, 0.717) is 23.6 Å². The number of nitrogens with zero attached hydrogens (tertiary/aromatic N) is 4. The summed E-state index contributed by atoms with van der Waals surface area (Å²) in [7, 11) is 0. The molecule has 1 aliphatic heterocycles. The molecule has 124 valence electrons. The van der Waals surface area contributed by atoms with E-state index in [1.54, 1.807) is 12.3 Å². The van der Waals surface area contributed by atoms with Gasteiger partial charge in [-0.1, -0.05) is 13.8 Å². The largest absolute Gasteiger partial charge is 0.317 e. The van der Waals surface area contributed by atoms with Crippen LogP contribution in [0.25, 0.3) is 0 Å². The molecule has 2 aromatic rings. The highest BCUT2D eigenvalue weighted by atomic mass is 16.2. The highest BCUT2D eigenvalue weighted by molar-refractivity contribution is 6.01. The second kappa shape index (κ2) is 6.95. The average molecular weight is 316 g/mol. The number of carbonyl (C=O) groups excluding carboxylic acids is 1. The highest BCUT2D eigenvalue weighted by Gasteiger charge is 2.18. The lowest BCUT2D eigenvalue weighted by Crippen LogP contribution is -2.32. The summed E-state index contributed by atoms with van der Waals surface area (Å²) in [5, 5.41) is 10.6. The number of anilines is 1. The van der Waals surface area contributed by atoms with Gasteiger partial charge in [-0.25, -0.2) is 4.98 Å². The van der Waals surface area contributed by atoms with Crippen molar-refractivity contribution in [3.05, 3.63) is 30.4 Å². The zero-order chi connectivity index (χ0) is 16.2. The molecule has 0 saturated carbocycles. The number of hydrogen-bond acceptors (Lipinski definition) is 4. The fraction of sp³-hybridized carbons (Fsp3) is 0.562. The minimum absolute atomic E-state index is 0.219. The monoisotopic (exact) mass is 316 g/mol. The van der Waals surface area contributed by atoms with Gasteiger partial charge in [-0.15, -0.1) is 0 Å². The molecule has 7 nitrogen and oxygen atoms in total. The molecule has 1 atom stereocenters. The van der Waals surface area contributed by atoms with E-state index in [2.05, 4.69) is 34.6 Å². The maximum atomic E-state index is 12.4. The first kappa shape index (κ1) is 15.7. The molecule has 0 aliphatic carbocycles. The van der Waals surface area contributed by atoms with E-state index in [1.807, 2.05) is 21.6 Å². The van der Waals surface area contributed by atoms with E-state index in [-0.39, 0.29) is 5.91 Å². The molecule has 23 heavy (non-hydrogen) atoms. The molecule has 3 rings (SSSR count). The number of amides is 1. The molecule has 1 amide bonds. The summed E-state index contributed by atoms with van der Waals surface area (Å²) in [6.07, 6.45) is 7.69. The second-order valence-electron chi connectivity index (χ2n) is 6.43. The van der Waals surface area contributed by atoms with Gasteiger partial charge in [-0.3, -0.25) is 14.8 Å². The molecule has 3 heterocycles. The standard InChI is InChI=1S/C16H24N6O/c1-12(2)11-21-9-7-18-16(21)19-15(23)14-5-8-22(20-14)13-4-3-6-17-10-13/h5,7-9,12-13,17H,3-4,6,10-11H2,1-2H3,(H,18,19,23). The molecular weight excluding hydrogens is 292 g/mol. The van der Waals surface area contributed by atoms with Crippen molar-refractivity contribution in [2.75, 3.05) is 18.4 Å². The molecule has 1 fully saturated rings. The predicted octanol–water partition coefficient (Wildman–Crippen LogP) is 1.91. The molecule has 1 aliphatic rings. The Morgan fingerprint density at radius 1 is 1.48 bits per heavy atom. The fourth-order valence-corrected chi connectivity index (χ4v) is 2.86. The van der Waals surface area contributed by atoms with Gasteiger partial charge in [0, 0.05) is 31.7 Å². The minimum atomic E-state index is -0.219. The molecule has 2 aromatic heterocycles. The topological polar surface area (TPSA) is 76.8 Å². The third-order valence-corrected chi connectivity index (χ3v) is 3.99. The number of aromatic nitrogens is 4. The van der Waals surface area contributed by atoms with Crippen molar-refractivity contribution in [2.45, 2.75) is 39.3 Å². The molecule has 0 spiro atoms. The SMILES string of the molecule is CC(C)Cn1ccnc1NC(=O)c1ccn(C2CCCNC2)n1. The zero-order valence-corrected chi connectivity index (χ0v) is 13.7. The lowest BCUT2D eigenvalue weighted by Gasteiger charge is -2.22. The van der Waals surface area contributed by atoms with E-state index >= 15 is 0 Å². The Bertz CT molecular complexity index is 653. The van der Waals surface area contributed by atoms with Crippen LogP contribution in [0.4, 0.5) is 5.95 Å². The molecule has 1 saturated heterocycles. The molecule has 2 N–H and O–H groups in total. The summed E-state index contributed by atoms with van der Waals surface area (Å²) in [6.45, 7) is 7.04. The van der Waals surface area contributed by atoms with Crippen molar-refractivity contribution in [3.8, 4) is 0 Å². The second-order valence-corrected chi connectivity index (χ2v) is 6.43. The van der Waals surface area contributed by atoms with E-state index in [1.165, 1.54) is 0 Å². The number of hydrogen-bond donors (Lipinski definition) is 2. The first-order valence-corrected chi connectivity index (χ1v) is 8.22. The van der Waals surface area contributed by atoms with Gasteiger partial charge in [-0.2, -0.15) is 5.10 Å². The maximum absolute atomic E-state index is 12.4. The van der Waals surface area contributed by atoms with Crippen molar-refractivity contribution in [1.29, 1.82) is 0 Å². The van der Waals surface area contributed by atoms with Crippen LogP contribution in [0.5, 0.6) is 0 Å². The lowest BCUT2D eigenvalue weighted by atomic mass is 10.1. The summed E-state index contributed by atoms with van der Waals surface area (Å²) in [5.41, 5.74) is 0.426. The lowest BCUT2D eigenvalue weighted by molar-refractivity contribution is 0.101.